The maximum absolute atomic E-state index is 4.77. The third kappa shape index (κ3) is 3.58. The van der Waals surface area contributed by atoms with Crippen molar-refractivity contribution in [2.45, 2.75) is 26.7 Å². The summed E-state index contributed by atoms with van der Waals surface area (Å²) in [5.41, 5.74) is 7.99. The van der Waals surface area contributed by atoms with Crippen molar-refractivity contribution in [1.82, 2.24) is 10.2 Å². The smallest absolute Gasteiger partial charge is 0.111 e. The molecule has 2 aromatic carbocycles. The highest BCUT2D eigenvalue weighted by Crippen LogP contribution is 2.32. The van der Waals surface area contributed by atoms with Crippen molar-refractivity contribution in [3.8, 4) is 11.1 Å². The topological polar surface area (TPSA) is 56.3 Å². The summed E-state index contributed by atoms with van der Waals surface area (Å²) in [7, 11) is 2.13. The second kappa shape index (κ2) is 7.27. The number of H-pyrrole nitrogens is 1. The van der Waals surface area contributed by atoms with E-state index in [-0.39, 0.29) is 0 Å². The summed E-state index contributed by atoms with van der Waals surface area (Å²) in [5.74, 6) is 0.987. The number of aromatic nitrogens is 2. The van der Waals surface area contributed by atoms with Crippen molar-refractivity contribution in [2.75, 3.05) is 23.8 Å². The summed E-state index contributed by atoms with van der Waals surface area (Å²) in [5, 5.41) is 10.6. The fourth-order valence-electron chi connectivity index (χ4n) is 3.54. The van der Waals surface area contributed by atoms with E-state index in [9.17, 15) is 0 Å². The van der Waals surface area contributed by atoms with Crippen LogP contribution in [0.25, 0.3) is 11.1 Å². The maximum Gasteiger partial charge on any atom is 0.111 e. The number of aromatic amines is 1. The zero-order valence-electron chi connectivity index (χ0n) is 16.1. The van der Waals surface area contributed by atoms with Crippen molar-refractivity contribution in [3.63, 3.8) is 0 Å². The normalized spacial score (nSPS) is 12.6. The Bertz CT molecular complexity index is 986. The SMILES string of the molecule is CCCN(C)c1cccc(NC2=Nc3ccc(-c4cn[nH]c4C)cc3C2)c1. The molecule has 0 saturated carbocycles. The van der Waals surface area contributed by atoms with Gasteiger partial charge in [0.2, 0.25) is 0 Å². The fraction of sp³-hybridized carbons (Fsp3) is 0.273. The van der Waals surface area contributed by atoms with Gasteiger partial charge in [0.05, 0.1) is 11.9 Å². The quantitative estimate of drug-likeness (QED) is 0.679. The Kier molecular flexibility index (Phi) is 4.67. The van der Waals surface area contributed by atoms with Crippen LogP contribution in [0, 0.1) is 6.92 Å². The van der Waals surface area contributed by atoms with E-state index in [4.69, 9.17) is 4.99 Å². The molecule has 0 aliphatic carbocycles. The van der Waals surface area contributed by atoms with E-state index in [2.05, 4.69) is 76.9 Å². The van der Waals surface area contributed by atoms with Gasteiger partial charge < -0.3 is 10.2 Å². The van der Waals surface area contributed by atoms with Crippen molar-refractivity contribution < 1.29 is 0 Å². The summed E-state index contributed by atoms with van der Waals surface area (Å²) in [6, 6.07) is 14.9. The first-order chi connectivity index (χ1) is 13.1. The molecule has 5 nitrogen and oxygen atoms in total. The first kappa shape index (κ1) is 17.3. The molecule has 138 valence electrons. The lowest BCUT2D eigenvalue weighted by Gasteiger charge is -2.19. The van der Waals surface area contributed by atoms with Crippen LogP contribution in [0.1, 0.15) is 24.6 Å². The first-order valence-corrected chi connectivity index (χ1v) is 9.43. The minimum atomic E-state index is 0.815. The Morgan fingerprint density at radius 1 is 1.19 bits per heavy atom. The van der Waals surface area contributed by atoms with Gasteiger partial charge in [0.15, 0.2) is 0 Å². The number of fused-ring (bicyclic) bond motifs is 1. The van der Waals surface area contributed by atoms with E-state index in [1.165, 1.54) is 16.8 Å². The van der Waals surface area contributed by atoms with Crippen molar-refractivity contribution in [1.29, 1.82) is 0 Å². The molecular formula is C22H25N5. The van der Waals surface area contributed by atoms with Crippen LogP contribution in [0.4, 0.5) is 17.1 Å². The average molecular weight is 359 g/mol. The third-order valence-corrected chi connectivity index (χ3v) is 4.97. The zero-order chi connectivity index (χ0) is 18.8. The molecule has 0 spiro atoms. The third-order valence-electron chi connectivity index (χ3n) is 4.97. The molecule has 0 amide bonds. The van der Waals surface area contributed by atoms with Crippen LogP contribution in [-0.4, -0.2) is 29.6 Å². The standard InChI is InChI=1S/C22H25N5/c1-4-10-27(3)19-7-5-6-18(13-19)24-22-12-17-11-16(8-9-21(17)25-22)20-14-23-26-15(20)2/h5-9,11,13-14H,4,10,12H2,1-3H3,(H,23,26)(H,24,25). The zero-order valence-corrected chi connectivity index (χ0v) is 16.1. The van der Waals surface area contributed by atoms with Gasteiger partial charge in [-0.3, -0.25) is 5.10 Å². The molecule has 3 aromatic rings. The molecule has 2 N–H and O–H groups in total. The Morgan fingerprint density at radius 3 is 2.85 bits per heavy atom. The van der Waals surface area contributed by atoms with Crippen LogP contribution >= 0.6 is 0 Å². The summed E-state index contributed by atoms with van der Waals surface area (Å²) in [6.45, 7) is 5.29. The summed E-state index contributed by atoms with van der Waals surface area (Å²) in [6.07, 6.45) is 3.83. The molecule has 5 heteroatoms. The van der Waals surface area contributed by atoms with Crippen molar-refractivity contribution >= 4 is 22.9 Å². The number of rotatable bonds is 5. The van der Waals surface area contributed by atoms with Gasteiger partial charge >= 0.3 is 0 Å². The van der Waals surface area contributed by atoms with Gasteiger partial charge in [0.1, 0.15) is 5.84 Å². The summed E-state index contributed by atoms with van der Waals surface area (Å²) in [4.78, 5) is 7.04. The second-order valence-corrected chi connectivity index (χ2v) is 7.08. The van der Waals surface area contributed by atoms with E-state index in [1.807, 2.05) is 13.1 Å². The van der Waals surface area contributed by atoms with Crippen molar-refractivity contribution in [2.24, 2.45) is 4.99 Å². The molecule has 1 aliphatic rings. The van der Waals surface area contributed by atoms with Gasteiger partial charge in [-0.05, 0) is 54.8 Å². The number of amidine groups is 1. The number of aliphatic imine (C=N–C) groups is 1. The van der Waals surface area contributed by atoms with Gasteiger partial charge in [0.25, 0.3) is 0 Å². The van der Waals surface area contributed by atoms with Crippen LogP contribution in [0.3, 0.4) is 0 Å². The molecule has 0 fully saturated rings. The predicted molar refractivity (Wildman–Crippen MR) is 113 cm³/mol. The number of nitrogens with one attached hydrogen (secondary N) is 2. The van der Waals surface area contributed by atoms with Crippen LogP contribution in [0.2, 0.25) is 0 Å². The van der Waals surface area contributed by atoms with E-state index in [0.29, 0.717) is 0 Å². The number of hydrogen-bond donors (Lipinski definition) is 2. The Labute approximate surface area is 160 Å². The number of hydrogen-bond acceptors (Lipinski definition) is 4. The Morgan fingerprint density at radius 2 is 2.07 bits per heavy atom. The molecular weight excluding hydrogens is 334 g/mol. The van der Waals surface area contributed by atoms with E-state index in [1.54, 1.807) is 0 Å². The van der Waals surface area contributed by atoms with Crippen molar-refractivity contribution in [3.05, 3.63) is 59.9 Å². The lowest BCUT2D eigenvalue weighted by atomic mass is 10.0. The lowest BCUT2D eigenvalue weighted by molar-refractivity contribution is 0.852. The highest BCUT2D eigenvalue weighted by Gasteiger charge is 2.16. The minimum absolute atomic E-state index is 0.815. The molecule has 4 rings (SSSR count). The van der Waals surface area contributed by atoms with Crippen LogP contribution in [0.5, 0.6) is 0 Å². The largest absolute Gasteiger partial charge is 0.375 e. The molecule has 0 unspecified atom stereocenters. The first-order valence-electron chi connectivity index (χ1n) is 9.43. The Balaban J connectivity index is 1.50. The van der Waals surface area contributed by atoms with E-state index < -0.39 is 0 Å². The number of anilines is 2. The number of nitrogens with zero attached hydrogens (tertiary/aromatic N) is 3. The average Bonchev–Trinajstić information content (AvgIpc) is 3.26. The summed E-state index contributed by atoms with van der Waals surface area (Å²) >= 11 is 0. The van der Waals surface area contributed by atoms with Crippen LogP contribution in [-0.2, 0) is 6.42 Å². The molecule has 2 heterocycles. The van der Waals surface area contributed by atoms with Gasteiger partial charge in [-0.15, -0.1) is 0 Å². The maximum atomic E-state index is 4.77. The molecule has 1 aliphatic heterocycles. The molecule has 0 atom stereocenters. The molecule has 1 aromatic heterocycles. The molecule has 0 radical (unpaired) electrons. The Hall–Kier alpha value is -3.08. The van der Waals surface area contributed by atoms with E-state index >= 15 is 0 Å². The monoisotopic (exact) mass is 359 g/mol. The number of benzene rings is 2. The van der Waals surface area contributed by atoms with Gasteiger partial charge in [0, 0.05) is 42.6 Å². The molecule has 27 heavy (non-hydrogen) atoms. The highest BCUT2D eigenvalue weighted by molar-refractivity contribution is 6.02. The lowest BCUT2D eigenvalue weighted by Crippen LogP contribution is -2.18. The van der Waals surface area contributed by atoms with Crippen LogP contribution < -0.4 is 10.2 Å². The van der Waals surface area contributed by atoms with Gasteiger partial charge in [-0.1, -0.05) is 19.1 Å². The van der Waals surface area contributed by atoms with Gasteiger partial charge in [-0.25, -0.2) is 4.99 Å². The molecule has 0 saturated heterocycles. The minimum Gasteiger partial charge on any atom is -0.375 e. The summed E-state index contributed by atoms with van der Waals surface area (Å²) < 4.78 is 0. The highest BCUT2D eigenvalue weighted by atomic mass is 15.1. The van der Waals surface area contributed by atoms with Gasteiger partial charge in [-0.2, -0.15) is 5.10 Å². The second-order valence-electron chi connectivity index (χ2n) is 7.08. The van der Waals surface area contributed by atoms with Crippen LogP contribution in [0.15, 0.2) is 53.7 Å². The predicted octanol–water partition coefficient (Wildman–Crippen LogP) is 4.93. The number of aryl methyl sites for hydroxylation is 1. The van der Waals surface area contributed by atoms with E-state index in [0.717, 1.165) is 47.9 Å². The fourth-order valence-corrected chi connectivity index (χ4v) is 3.54. The molecule has 0 bridgehead atoms.